The van der Waals surface area contributed by atoms with Crippen LogP contribution in [0.15, 0.2) is 0 Å². The van der Waals surface area contributed by atoms with Crippen LogP contribution in [0.2, 0.25) is 0 Å². The largest absolute Gasteiger partial charge is 0.381 e. The van der Waals surface area contributed by atoms with E-state index in [4.69, 9.17) is 9.47 Å². The molecular formula is C18H32N2O3. The number of amides is 1. The Morgan fingerprint density at radius 3 is 2.30 bits per heavy atom. The van der Waals surface area contributed by atoms with E-state index in [0.29, 0.717) is 17.9 Å². The van der Waals surface area contributed by atoms with Crippen LogP contribution in [-0.2, 0) is 14.3 Å². The third-order valence-electron chi connectivity index (χ3n) is 5.65. The summed E-state index contributed by atoms with van der Waals surface area (Å²) in [4.78, 5) is 17.5. The van der Waals surface area contributed by atoms with Crippen LogP contribution < -0.4 is 0 Å². The van der Waals surface area contributed by atoms with Gasteiger partial charge in [0.15, 0.2) is 0 Å². The topological polar surface area (TPSA) is 42.0 Å². The van der Waals surface area contributed by atoms with Crippen LogP contribution in [0.3, 0.4) is 0 Å². The van der Waals surface area contributed by atoms with E-state index in [-0.39, 0.29) is 0 Å². The lowest BCUT2D eigenvalue weighted by Gasteiger charge is -2.37. The highest BCUT2D eigenvalue weighted by atomic mass is 16.5. The van der Waals surface area contributed by atoms with E-state index in [1.165, 1.54) is 25.7 Å². The monoisotopic (exact) mass is 324 g/mol. The Bertz CT molecular complexity index is 359. The minimum atomic E-state index is 0.386. The van der Waals surface area contributed by atoms with Gasteiger partial charge in [-0.3, -0.25) is 9.69 Å². The van der Waals surface area contributed by atoms with Crippen molar-refractivity contribution >= 4 is 5.91 Å². The van der Waals surface area contributed by atoms with E-state index in [1.807, 2.05) is 0 Å². The first-order chi connectivity index (χ1) is 11.3. The fourth-order valence-electron chi connectivity index (χ4n) is 4.16. The molecule has 0 radical (unpaired) electrons. The minimum absolute atomic E-state index is 0.386. The van der Waals surface area contributed by atoms with Crippen LogP contribution in [0.25, 0.3) is 0 Å². The zero-order valence-electron chi connectivity index (χ0n) is 14.4. The van der Waals surface area contributed by atoms with Crippen molar-refractivity contribution in [1.82, 2.24) is 9.80 Å². The molecule has 132 valence electrons. The van der Waals surface area contributed by atoms with Gasteiger partial charge < -0.3 is 14.4 Å². The number of rotatable bonds is 6. The summed E-state index contributed by atoms with van der Waals surface area (Å²) in [7, 11) is 0. The Hall–Kier alpha value is -0.650. The van der Waals surface area contributed by atoms with E-state index in [2.05, 4.69) is 9.80 Å². The van der Waals surface area contributed by atoms with Gasteiger partial charge in [0.2, 0.25) is 5.91 Å². The Labute approximate surface area is 140 Å². The fourth-order valence-corrected chi connectivity index (χ4v) is 4.16. The molecule has 0 spiro atoms. The van der Waals surface area contributed by atoms with Crippen molar-refractivity contribution in [3.8, 4) is 0 Å². The van der Waals surface area contributed by atoms with Crippen molar-refractivity contribution in [1.29, 1.82) is 0 Å². The van der Waals surface area contributed by atoms with Gasteiger partial charge in [0.25, 0.3) is 0 Å². The van der Waals surface area contributed by atoms with Gasteiger partial charge in [0, 0.05) is 51.9 Å². The van der Waals surface area contributed by atoms with Crippen LogP contribution in [0.5, 0.6) is 0 Å². The maximum atomic E-state index is 12.9. The van der Waals surface area contributed by atoms with Crippen molar-refractivity contribution in [2.75, 3.05) is 52.6 Å². The number of hydrogen-bond donors (Lipinski definition) is 0. The first-order valence-corrected chi connectivity index (χ1v) is 9.50. The Morgan fingerprint density at radius 1 is 0.957 bits per heavy atom. The molecule has 1 aliphatic carbocycles. The summed E-state index contributed by atoms with van der Waals surface area (Å²) in [5.41, 5.74) is 0. The Morgan fingerprint density at radius 2 is 1.61 bits per heavy atom. The number of nitrogens with zero attached hydrogens (tertiary/aromatic N) is 2. The summed E-state index contributed by atoms with van der Waals surface area (Å²) in [5, 5.41) is 0. The predicted octanol–water partition coefficient (Wildman–Crippen LogP) is 1.91. The molecule has 3 aliphatic rings. The van der Waals surface area contributed by atoms with Crippen LogP contribution in [0.1, 0.15) is 44.9 Å². The van der Waals surface area contributed by atoms with E-state index in [9.17, 15) is 4.79 Å². The highest BCUT2D eigenvalue weighted by Crippen LogP contribution is 2.29. The van der Waals surface area contributed by atoms with Gasteiger partial charge in [0.05, 0.1) is 13.2 Å². The first kappa shape index (κ1) is 17.2. The number of morpholine rings is 1. The van der Waals surface area contributed by atoms with Crippen LogP contribution in [-0.4, -0.2) is 74.4 Å². The summed E-state index contributed by atoms with van der Waals surface area (Å²) in [6.45, 7) is 7.11. The van der Waals surface area contributed by atoms with Gasteiger partial charge >= 0.3 is 0 Å². The van der Waals surface area contributed by atoms with E-state index >= 15 is 0 Å². The second kappa shape index (κ2) is 9.00. The highest BCUT2D eigenvalue weighted by molar-refractivity contribution is 5.76. The zero-order chi connectivity index (χ0) is 15.9. The third kappa shape index (κ3) is 5.16. The maximum absolute atomic E-state index is 12.9. The maximum Gasteiger partial charge on any atom is 0.223 e. The smallest absolute Gasteiger partial charge is 0.223 e. The molecule has 5 heteroatoms. The second-order valence-corrected chi connectivity index (χ2v) is 7.24. The molecule has 0 N–H and O–H groups in total. The molecule has 1 amide bonds. The van der Waals surface area contributed by atoms with Crippen LogP contribution >= 0.6 is 0 Å². The number of ether oxygens (including phenoxy) is 2. The molecule has 2 heterocycles. The lowest BCUT2D eigenvalue weighted by atomic mass is 10.0. The molecule has 5 nitrogen and oxygen atoms in total. The van der Waals surface area contributed by atoms with Crippen LogP contribution in [0.4, 0.5) is 0 Å². The Balaban J connectivity index is 1.54. The summed E-state index contributed by atoms with van der Waals surface area (Å²) in [6.07, 6.45) is 7.87. The van der Waals surface area contributed by atoms with E-state index in [1.54, 1.807) is 0 Å². The summed E-state index contributed by atoms with van der Waals surface area (Å²) in [6, 6.07) is 0.388. The summed E-state index contributed by atoms with van der Waals surface area (Å²) >= 11 is 0. The van der Waals surface area contributed by atoms with Crippen molar-refractivity contribution in [3.05, 3.63) is 0 Å². The molecule has 0 aromatic carbocycles. The van der Waals surface area contributed by atoms with E-state index < -0.39 is 0 Å². The van der Waals surface area contributed by atoms with Gasteiger partial charge in [-0.1, -0.05) is 12.8 Å². The average Bonchev–Trinajstić information content (AvgIpc) is 3.10. The lowest BCUT2D eigenvalue weighted by Crippen LogP contribution is -2.48. The standard InChI is InChI=1S/C18H32N2O3/c21-18(15-16-3-1-2-4-16)20(17-5-11-22-12-6-17)8-7-19-9-13-23-14-10-19/h16-17H,1-15H2. The first-order valence-electron chi connectivity index (χ1n) is 9.50. The molecule has 3 rings (SSSR count). The summed E-state index contributed by atoms with van der Waals surface area (Å²) < 4.78 is 10.9. The Kier molecular flexibility index (Phi) is 6.72. The molecule has 23 heavy (non-hydrogen) atoms. The minimum Gasteiger partial charge on any atom is -0.381 e. The van der Waals surface area contributed by atoms with Crippen molar-refractivity contribution in [2.24, 2.45) is 5.92 Å². The molecule has 0 aromatic rings. The van der Waals surface area contributed by atoms with Crippen molar-refractivity contribution in [3.63, 3.8) is 0 Å². The quantitative estimate of drug-likeness (QED) is 0.748. The lowest BCUT2D eigenvalue weighted by molar-refractivity contribution is -0.136. The molecule has 0 aromatic heterocycles. The van der Waals surface area contributed by atoms with Gasteiger partial charge in [-0.2, -0.15) is 0 Å². The van der Waals surface area contributed by atoms with Crippen molar-refractivity contribution < 1.29 is 14.3 Å². The number of hydrogen-bond acceptors (Lipinski definition) is 4. The molecule has 1 saturated carbocycles. The highest BCUT2D eigenvalue weighted by Gasteiger charge is 2.28. The molecule has 0 unspecified atom stereocenters. The molecular weight excluding hydrogens is 292 g/mol. The number of carbonyl (C=O) groups excluding carboxylic acids is 1. The van der Waals surface area contributed by atoms with Crippen LogP contribution in [0, 0.1) is 5.92 Å². The molecule has 0 bridgehead atoms. The third-order valence-corrected chi connectivity index (χ3v) is 5.65. The van der Waals surface area contributed by atoms with Gasteiger partial charge in [-0.25, -0.2) is 0 Å². The zero-order valence-corrected chi connectivity index (χ0v) is 14.4. The molecule has 2 saturated heterocycles. The second-order valence-electron chi connectivity index (χ2n) is 7.24. The SMILES string of the molecule is O=C(CC1CCCC1)N(CCN1CCOCC1)C1CCOCC1. The normalized spacial score (nSPS) is 24.9. The predicted molar refractivity (Wildman–Crippen MR) is 89.4 cm³/mol. The van der Waals surface area contributed by atoms with Crippen molar-refractivity contribution in [2.45, 2.75) is 51.0 Å². The van der Waals surface area contributed by atoms with E-state index in [0.717, 1.165) is 71.9 Å². The van der Waals surface area contributed by atoms with Gasteiger partial charge in [0.1, 0.15) is 0 Å². The molecule has 3 fully saturated rings. The number of carbonyl (C=O) groups is 1. The molecule has 0 atom stereocenters. The average molecular weight is 324 g/mol. The fraction of sp³-hybridized carbons (Fsp3) is 0.944. The van der Waals surface area contributed by atoms with Gasteiger partial charge in [-0.15, -0.1) is 0 Å². The summed E-state index contributed by atoms with van der Waals surface area (Å²) in [5.74, 6) is 1.02. The van der Waals surface area contributed by atoms with Gasteiger partial charge in [-0.05, 0) is 31.6 Å². The molecule has 2 aliphatic heterocycles.